The summed E-state index contributed by atoms with van der Waals surface area (Å²) in [6, 6.07) is 8.30. The van der Waals surface area contributed by atoms with Gasteiger partial charge in [-0.05, 0) is 60.9 Å². The minimum Gasteiger partial charge on any atom is -0.389 e. The molecule has 0 radical (unpaired) electrons. The summed E-state index contributed by atoms with van der Waals surface area (Å²) in [6.45, 7) is 1.82. The number of rotatable bonds is 5. The molecule has 2 N–H and O–H groups in total. The molecule has 2 atom stereocenters. The van der Waals surface area contributed by atoms with Crippen molar-refractivity contribution in [3.8, 4) is 11.1 Å². The fourth-order valence-electron chi connectivity index (χ4n) is 4.46. The Bertz CT molecular complexity index is 1530. The van der Waals surface area contributed by atoms with Crippen LogP contribution >= 0.6 is 0 Å². The van der Waals surface area contributed by atoms with E-state index in [0.717, 1.165) is 4.57 Å². The van der Waals surface area contributed by atoms with E-state index in [1.165, 1.54) is 30.6 Å². The van der Waals surface area contributed by atoms with Crippen LogP contribution in [0.2, 0.25) is 0 Å². The molecule has 0 spiro atoms. The van der Waals surface area contributed by atoms with Crippen LogP contribution in [0.25, 0.3) is 22.0 Å². The molecular weight excluding hydrogens is 482 g/mol. The van der Waals surface area contributed by atoms with Gasteiger partial charge >= 0.3 is 0 Å². The Hall–Kier alpha value is -4.02. The number of hydrogen-bond donors (Lipinski definition) is 2. The Morgan fingerprint density at radius 3 is 2.68 bits per heavy atom. The predicted molar refractivity (Wildman–Crippen MR) is 132 cm³/mol. The first-order chi connectivity index (χ1) is 17.8. The third-order valence-electron chi connectivity index (χ3n) is 6.43. The number of aryl methyl sites for hydroxylation is 1. The average molecular weight is 507 g/mol. The van der Waals surface area contributed by atoms with Crippen molar-refractivity contribution in [3.63, 3.8) is 0 Å². The van der Waals surface area contributed by atoms with E-state index in [1.807, 2.05) is 0 Å². The van der Waals surface area contributed by atoms with Gasteiger partial charge in [-0.25, -0.2) is 8.78 Å². The van der Waals surface area contributed by atoms with E-state index in [1.54, 1.807) is 31.3 Å². The SMILES string of the molecule is Cc1cc(-c2cc(F)c(Cn3cc(C(=O)N[C@H]4CCOC[C@@H]4O)c4ncccc4c3=O)c(F)c2)ccn1. The molecule has 0 bridgehead atoms. The number of aliphatic hydroxyl groups excluding tert-OH is 1. The minimum atomic E-state index is -0.881. The molecule has 1 aromatic carbocycles. The van der Waals surface area contributed by atoms with Crippen LogP contribution in [0.5, 0.6) is 0 Å². The molecule has 3 aromatic heterocycles. The second-order valence-corrected chi connectivity index (χ2v) is 8.99. The van der Waals surface area contributed by atoms with E-state index >= 15 is 8.78 Å². The Balaban J connectivity index is 1.53. The fraction of sp³-hybridized carbons (Fsp3) is 0.259. The molecule has 8 nitrogen and oxygen atoms in total. The molecule has 5 rings (SSSR count). The highest BCUT2D eigenvalue weighted by Crippen LogP contribution is 2.25. The maximum Gasteiger partial charge on any atom is 0.260 e. The van der Waals surface area contributed by atoms with Gasteiger partial charge in [0.2, 0.25) is 0 Å². The highest BCUT2D eigenvalue weighted by atomic mass is 19.1. The summed E-state index contributed by atoms with van der Waals surface area (Å²) in [5, 5.41) is 13.0. The fourth-order valence-corrected chi connectivity index (χ4v) is 4.46. The van der Waals surface area contributed by atoms with Crippen molar-refractivity contribution in [1.29, 1.82) is 0 Å². The van der Waals surface area contributed by atoms with E-state index in [-0.39, 0.29) is 28.6 Å². The molecule has 1 saturated heterocycles. The number of hydrogen-bond acceptors (Lipinski definition) is 6. The number of amides is 1. The molecular formula is C27H24F2N4O4. The predicted octanol–water partition coefficient (Wildman–Crippen LogP) is 2.97. The van der Waals surface area contributed by atoms with Gasteiger partial charge in [-0.2, -0.15) is 0 Å². The molecule has 37 heavy (non-hydrogen) atoms. The van der Waals surface area contributed by atoms with Gasteiger partial charge in [0, 0.05) is 36.5 Å². The van der Waals surface area contributed by atoms with Crippen LogP contribution in [0.3, 0.4) is 0 Å². The maximum atomic E-state index is 15.1. The molecule has 0 aliphatic carbocycles. The molecule has 10 heteroatoms. The monoisotopic (exact) mass is 506 g/mol. The number of aromatic nitrogens is 3. The van der Waals surface area contributed by atoms with Crippen LogP contribution in [0.15, 0.2) is 59.8 Å². The number of benzene rings is 1. The number of fused-ring (bicyclic) bond motifs is 1. The quantitative estimate of drug-likeness (QED) is 0.431. The number of carbonyl (C=O) groups is 1. The summed E-state index contributed by atoms with van der Waals surface area (Å²) in [5.41, 5.74) is 1.02. The molecule has 1 aliphatic heterocycles. The summed E-state index contributed by atoms with van der Waals surface area (Å²) < 4.78 is 36.6. The second kappa shape index (κ2) is 10.2. The first kappa shape index (κ1) is 24.7. The smallest absolute Gasteiger partial charge is 0.260 e. The molecule has 4 heterocycles. The number of ether oxygens (including phenoxy) is 1. The van der Waals surface area contributed by atoms with Crippen LogP contribution in [0.1, 0.15) is 28.0 Å². The van der Waals surface area contributed by atoms with Crippen molar-refractivity contribution in [1.82, 2.24) is 19.9 Å². The van der Waals surface area contributed by atoms with Gasteiger partial charge in [0.25, 0.3) is 11.5 Å². The van der Waals surface area contributed by atoms with Crippen LogP contribution in [0.4, 0.5) is 8.78 Å². The highest BCUT2D eigenvalue weighted by Gasteiger charge is 2.27. The lowest BCUT2D eigenvalue weighted by atomic mass is 10.0. The van der Waals surface area contributed by atoms with Crippen molar-refractivity contribution < 1.29 is 23.4 Å². The van der Waals surface area contributed by atoms with Gasteiger partial charge in [0.05, 0.1) is 41.8 Å². The molecule has 1 aliphatic rings. The number of carbonyl (C=O) groups excluding carboxylic acids is 1. The molecule has 0 unspecified atom stereocenters. The van der Waals surface area contributed by atoms with Gasteiger partial charge in [-0.1, -0.05) is 0 Å². The van der Waals surface area contributed by atoms with Gasteiger partial charge in [0.1, 0.15) is 11.6 Å². The van der Waals surface area contributed by atoms with Crippen molar-refractivity contribution >= 4 is 16.8 Å². The van der Waals surface area contributed by atoms with E-state index < -0.39 is 41.8 Å². The molecule has 0 saturated carbocycles. The standard InChI is InChI=1S/C27H24F2N4O4/c1-15-9-16(4-7-30-15)17-10-21(28)19(22(29)11-17)12-33-13-20(25-18(27(33)36)3-2-6-31-25)26(35)32-23-5-8-37-14-24(23)34/h2-4,6-7,9-11,13,23-24,34H,5,8,12,14H2,1H3,(H,32,35)/t23-,24-/m0/s1. The molecule has 1 amide bonds. The van der Waals surface area contributed by atoms with E-state index in [9.17, 15) is 14.7 Å². The highest BCUT2D eigenvalue weighted by molar-refractivity contribution is 6.05. The summed E-state index contributed by atoms with van der Waals surface area (Å²) >= 11 is 0. The number of pyridine rings is 3. The Morgan fingerprint density at radius 1 is 1.16 bits per heavy atom. The Labute approximate surface area is 210 Å². The first-order valence-electron chi connectivity index (χ1n) is 11.8. The van der Waals surface area contributed by atoms with E-state index in [2.05, 4.69) is 15.3 Å². The Morgan fingerprint density at radius 2 is 1.95 bits per heavy atom. The third-order valence-corrected chi connectivity index (χ3v) is 6.43. The van der Waals surface area contributed by atoms with Crippen LogP contribution in [0, 0.1) is 18.6 Å². The number of nitrogens with zero attached hydrogens (tertiary/aromatic N) is 3. The summed E-state index contributed by atoms with van der Waals surface area (Å²) in [4.78, 5) is 34.7. The van der Waals surface area contributed by atoms with Crippen LogP contribution in [-0.2, 0) is 11.3 Å². The molecule has 4 aromatic rings. The van der Waals surface area contributed by atoms with E-state index in [0.29, 0.717) is 29.8 Å². The lowest BCUT2D eigenvalue weighted by molar-refractivity contribution is -0.0260. The van der Waals surface area contributed by atoms with Crippen molar-refractivity contribution in [2.75, 3.05) is 13.2 Å². The largest absolute Gasteiger partial charge is 0.389 e. The molecule has 1 fully saturated rings. The summed E-state index contributed by atoms with van der Waals surface area (Å²) in [6.07, 6.45) is 3.79. The number of nitrogens with one attached hydrogen (secondary N) is 1. The third kappa shape index (κ3) is 4.98. The van der Waals surface area contributed by atoms with Crippen molar-refractivity contribution in [2.24, 2.45) is 0 Å². The summed E-state index contributed by atoms with van der Waals surface area (Å²) in [7, 11) is 0. The van der Waals surface area contributed by atoms with Crippen molar-refractivity contribution in [2.45, 2.75) is 32.0 Å². The normalized spacial score (nSPS) is 17.6. The van der Waals surface area contributed by atoms with E-state index in [4.69, 9.17) is 4.74 Å². The second-order valence-electron chi connectivity index (χ2n) is 8.99. The average Bonchev–Trinajstić information content (AvgIpc) is 2.88. The zero-order valence-corrected chi connectivity index (χ0v) is 19.9. The zero-order valence-electron chi connectivity index (χ0n) is 19.9. The van der Waals surface area contributed by atoms with Gasteiger partial charge in [-0.15, -0.1) is 0 Å². The number of aliphatic hydroxyl groups is 1. The molecule has 190 valence electrons. The van der Waals surface area contributed by atoms with Gasteiger partial charge in [0.15, 0.2) is 0 Å². The lowest BCUT2D eigenvalue weighted by Gasteiger charge is -2.28. The lowest BCUT2D eigenvalue weighted by Crippen LogP contribution is -2.48. The summed E-state index contributed by atoms with van der Waals surface area (Å²) in [5.74, 6) is -2.20. The maximum absolute atomic E-state index is 15.1. The van der Waals surface area contributed by atoms with Crippen LogP contribution in [-0.4, -0.2) is 50.9 Å². The zero-order chi connectivity index (χ0) is 26.1. The van der Waals surface area contributed by atoms with Gasteiger partial charge < -0.3 is 19.7 Å². The topological polar surface area (TPSA) is 106 Å². The van der Waals surface area contributed by atoms with Crippen LogP contribution < -0.4 is 10.9 Å². The minimum absolute atomic E-state index is 0.0542. The Kier molecular flexibility index (Phi) is 6.77. The van der Waals surface area contributed by atoms with Gasteiger partial charge in [-0.3, -0.25) is 19.6 Å². The van der Waals surface area contributed by atoms with Crippen molar-refractivity contribution in [3.05, 3.63) is 93.8 Å². The number of halogens is 2. The first-order valence-corrected chi connectivity index (χ1v) is 11.8.